The summed E-state index contributed by atoms with van der Waals surface area (Å²) in [7, 11) is 0. The van der Waals surface area contributed by atoms with Crippen LogP contribution in [0.4, 0.5) is 10.5 Å². The lowest BCUT2D eigenvalue weighted by Gasteiger charge is -2.12. The fraction of sp³-hybridized carbons (Fsp3) is 0.158. The zero-order valence-electron chi connectivity index (χ0n) is 13.9. The van der Waals surface area contributed by atoms with Crippen molar-refractivity contribution in [2.75, 3.05) is 11.9 Å². The van der Waals surface area contributed by atoms with E-state index in [-0.39, 0.29) is 0 Å². The van der Waals surface area contributed by atoms with Gasteiger partial charge in [-0.15, -0.1) is 0 Å². The molecular weight excluding hydrogens is 433 g/mol. The molecule has 0 aliphatic rings. The summed E-state index contributed by atoms with van der Waals surface area (Å²) in [6.45, 7) is 3.41. The number of hydrogen-bond acceptors (Lipinski definition) is 4. The first-order chi connectivity index (χ1) is 12.0. The molecule has 0 aliphatic carbocycles. The number of rotatable bonds is 5. The molecule has 0 unspecified atom stereocenters. The highest BCUT2D eigenvalue weighted by Crippen LogP contribution is 2.33. The molecule has 0 spiro atoms. The van der Waals surface area contributed by atoms with Crippen LogP contribution < -0.4 is 5.32 Å². The number of halogens is 1. The number of nitrogens with one attached hydrogen (secondary N) is 1. The van der Waals surface area contributed by atoms with E-state index in [1.165, 1.54) is 6.92 Å². The number of anilines is 1. The van der Waals surface area contributed by atoms with Crippen molar-refractivity contribution in [3.8, 4) is 0 Å². The van der Waals surface area contributed by atoms with Gasteiger partial charge in [0.1, 0.15) is 0 Å². The standard InChI is InChI=1S/C19H18INO4/c1-3-24-19(23)21-16-11-9-15(10-12-16)18(25-13(2)22)17(20)14-7-5-4-6-8-14/h4-12H,3H2,1-2H3,(H,21,23)/b18-17-. The summed E-state index contributed by atoms with van der Waals surface area (Å²) < 4.78 is 11.1. The van der Waals surface area contributed by atoms with Crippen molar-refractivity contribution in [3.63, 3.8) is 0 Å². The maximum atomic E-state index is 11.5. The second-order valence-corrected chi connectivity index (χ2v) is 6.10. The third-order valence-electron chi connectivity index (χ3n) is 3.14. The number of ether oxygens (including phenoxy) is 2. The van der Waals surface area contributed by atoms with Crippen molar-refractivity contribution in [1.82, 2.24) is 0 Å². The maximum Gasteiger partial charge on any atom is 0.411 e. The Hall–Kier alpha value is -2.35. The van der Waals surface area contributed by atoms with Crippen LogP contribution in [0.15, 0.2) is 54.6 Å². The van der Waals surface area contributed by atoms with E-state index in [2.05, 4.69) is 27.9 Å². The largest absolute Gasteiger partial charge is 0.450 e. The predicted molar refractivity (Wildman–Crippen MR) is 106 cm³/mol. The molecule has 1 N–H and O–H groups in total. The molecule has 130 valence electrons. The Morgan fingerprint density at radius 2 is 1.64 bits per heavy atom. The Kier molecular flexibility index (Phi) is 7.00. The SMILES string of the molecule is CCOC(=O)Nc1ccc(/C(OC(C)=O)=C(/I)c2ccccc2)cc1. The van der Waals surface area contributed by atoms with Gasteiger partial charge in [0, 0.05) is 18.2 Å². The van der Waals surface area contributed by atoms with Gasteiger partial charge in [-0.3, -0.25) is 10.1 Å². The normalized spacial score (nSPS) is 11.3. The van der Waals surface area contributed by atoms with E-state index < -0.39 is 12.1 Å². The number of hydrogen-bond donors (Lipinski definition) is 1. The van der Waals surface area contributed by atoms with Crippen LogP contribution in [0.5, 0.6) is 0 Å². The monoisotopic (exact) mass is 451 g/mol. The predicted octanol–water partition coefficient (Wildman–Crippen LogP) is 5.08. The van der Waals surface area contributed by atoms with Gasteiger partial charge in [-0.1, -0.05) is 30.3 Å². The first-order valence-corrected chi connectivity index (χ1v) is 8.77. The molecule has 0 atom stereocenters. The molecule has 2 aromatic carbocycles. The summed E-state index contributed by atoms with van der Waals surface area (Å²) >= 11 is 2.16. The molecule has 6 heteroatoms. The molecular formula is C19H18INO4. The van der Waals surface area contributed by atoms with E-state index in [1.807, 2.05) is 30.3 Å². The minimum atomic E-state index is -0.509. The minimum Gasteiger partial charge on any atom is -0.450 e. The quantitative estimate of drug-likeness (QED) is 0.298. The fourth-order valence-electron chi connectivity index (χ4n) is 2.08. The van der Waals surface area contributed by atoms with Gasteiger partial charge in [0.2, 0.25) is 0 Å². The van der Waals surface area contributed by atoms with Crippen LogP contribution in [-0.2, 0) is 14.3 Å². The summed E-state index contributed by atoms with van der Waals surface area (Å²) in [4.78, 5) is 23.0. The first-order valence-electron chi connectivity index (χ1n) is 7.69. The topological polar surface area (TPSA) is 64.6 Å². The third-order valence-corrected chi connectivity index (χ3v) is 4.25. The Bertz CT molecular complexity index is 770. The number of benzene rings is 2. The molecule has 25 heavy (non-hydrogen) atoms. The lowest BCUT2D eigenvalue weighted by molar-refractivity contribution is -0.134. The van der Waals surface area contributed by atoms with Crippen LogP contribution >= 0.6 is 22.6 Å². The van der Waals surface area contributed by atoms with Crippen molar-refractivity contribution >= 4 is 49.7 Å². The number of esters is 1. The average Bonchev–Trinajstić information content (AvgIpc) is 2.61. The molecule has 5 nitrogen and oxygen atoms in total. The smallest absolute Gasteiger partial charge is 0.411 e. The molecule has 2 rings (SSSR count). The highest BCUT2D eigenvalue weighted by Gasteiger charge is 2.13. The molecule has 0 saturated carbocycles. The van der Waals surface area contributed by atoms with Crippen LogP contribution in [0.1, 0.15) is 25.0 Å². The van der Waals surface area contributed by atoms with Gasteiger partial charge in [-0.05, 0) is 59.3 Å². The van der Waals surface area contributed by atoms with Gasteiger partial charge < -0.3 is 9.47 Å². The van der Waals surface area contributed by atoms with Gasteiger partial charge in [-0.25, -0.2) is 4.79 Å². The van der Waals surface area contributed by atoms with Crippen molar-refractivity contribution in [3.05, 3.63) is 65.7 Å². The Balaban J connectivity index is 2.32. The Morgan fingerprint density at radius 3 is 2.20 bits per heavy atom. The maximum absolute atomic E-state index is 11.5. The first kappa shape index (κ1) is 19.0. The van der Waals surface area contributed by atoms with Gasteiger partial charge in [0.25, 0.3) is 0 Å². The molecule has 0 radical (unpaired) electrons. The molecule has 0 bridgehead atoms. The van der Waals surface area contributed by atoms with E-state index in [1.54, 1.807) is 31.2 Å². The van der Waals surface area contributed by atoms with Crippen LogP contribution in [0.2, 0.25) is 0 Å². The van der Waals surface area contributed by atoms with Gasteiger partial charge in [0.05, 0.1) is 10.2 Å². The van der Waals surface area contributed by atoms with Crippen LogP contribution in [-0.4, -0.2) is 18.7 Å². The number of carbonyl (C=O) groups is 2. The lowest BCUT2D eigenvalue weighted by Crippen LogP contribution is -2.13. The molecule has 0 aliphatic heterocycles. The summed E-state index contributed by atoms with van der Waals surface area (Å²) in [6, 6.07) is 16.7. The molecule has 0 aromatic heterocycles. The highest BCUT2D eigenvalue weighted by molar-refractivity contribution is 14.1. The summed E-state index contributed by atoms with van der Waals surface area (Å²) in [5, 5.41) is 2.62. The van der Waals surface area contributed by atoms with Gasteiger partial charge in [-0.2, -0.15) is 0 Å². The van der Waals surface area contributed by atoms with Crippen molar-refractivity contribution in [1.29, 1.82) is 0 Å². The zero-order valence-corrected chi connectivity index (χ0v) is 16.1. The summed E-state index contributed by atoms with van der Waals surface area (Å²) in [5.41, 5.74) is 2.28. The molecule has 2 aromatic rings. The van der Waals surface area contributed by atoms with E-state index in [0.717, 1.165) is 14.7 Å². The number of amides is 1. The molecule has 0 heterocycles. The van der Waals surface area contributed by atoms with E-state index in [9.17, 15) is 9.59 Å². The summed E-state index contributed by atoms with van der Waals surface area (Å²) in [6.07, 6.45) is -0.509. The minimum absolute atomic E-state index is 0.304. The average molecular weight is 451 g/mol. The second-order valence-electron chi connectivity index (χ2n) is 5.03. The molecule has 0 saturated heterocycles. The van der Waals surface area contributed by atoms with Gasteiger partial charge in [0.15, 0.2) is 5.76 Å². The van der Waals surface area contributed by atoms with Crippen LogP contribution in [0.25, 0.3) is 9.34 Å². The fourth-order valence-corrected chi connectivity index (χ4v) is 2.86. The van der Waals surface area contributed by atoms with Crippen molar-refractivity contribution in [2.24, 2.45) is 0 Å². The summed E-state index contributed by atoms with van der Waals surface area (Å²) in [5.74, 6) is 0.0795. The van der Waals surface area contributed by atoms with E-state index in [4.69, 9.17) is 9.47 Å². The van der Waals surface area contributed by atoms with Crippen LogP contribution in [0.3, 0.4) is 0 Å². The van der Waals surface area contributed by atoms with Crippen LogP contribution in [0, 0.1) is 0 Å². The molecule has 0 fully saturated rings. The van der Waals surface area contributed by atoms with Crippen molar-refractivity contribution < 1.29 is 19.1 Å². The van der Waals surface area contributed by atoms with Crippen molar-refractivity contribution in [2.45, 2.75) is 13.8 Å². The number of carbonyl (C=O) groups excluding carboxylic acids is 2. The molecule has 1 amide bonds. The Morgan fingerprint density at radius 1 is 1.00 bits per heavy atom. The van der Waals surface area contributed by atoms with E-state index >= 15 is 0 Å². The second kappa shape index (κ2) is 9.22. The third kappa shape index (κ3) is 5.60. The van der Waals surface area contributed by atoms with E-state index in [0.29, 0.717) is 18.1 Å². The Labute approximate surface area is 160 Å². The highest BCUT2D eigenvalue weighted by atomic mass is 127. The lowest BCUT2D eigenvalue weighted by atomic mass is 10.1. The van der Waals surface area contributed by atoms with Gasteiger partial charge >= 0.3 is 12.1 Å². The zero-order chi connectivity index (χ0) is 18.2.